The van der Waals surface area contributed by atoms with Crippen molar-refractivity contribution in [2.75, 3.05) is 10.2 Å². The first-order valence-electron chi connectivity index (χ1n) is 11.1. The molecule has 35 heavy (non-hydrogen) atoms. The number of carbonyl (C=O) groups is 2. The number of hydrogen-bond acceptors (Lipinski definition) is 5. The Bertz CT molecular complexity index is 1240. The fraction of sp³-hybridized carbons (Fsp3) is 0.280. The van der Waals surface area contributed by atoms with Gasteiger partial charge in [-0.3, -0.25) is 14.3 Å². The van der Waals surface area contributed by atoms with E-state index in [0.29, 0.717) is 36.0 Å². The number of aromatic nitrogens is 2. The Kier molecular flexibility index (Phi) is 6.63. The summed E-state index contributed by atoms with van der Waals surface area (Å²) in [6.07, 6.45) is 2.89. The average molecular weight is 481 g/mol. The fourth-order valence-corrected chi connectivity index (χ4v) is 4.22. The Hall–Kier alpha value is -4.08. The number of halogens is 2. The van der Waals surface area contributed by atoms with Gasteiger partial charge in [0.2, 0.25) is 5.91 Å². The number of rotatable bonds is 8. The summed E-state index contributed by atoms with van der Waals surface area (Å²) >= 11 is 0. The normalized spacial score (nSPS) is 17.9. The van der Waals surface area contributed by atoms with Crippen LogP contribution in [-0.2, 0) is 23.2 Å². The second-order valence-electron chi connectivity index (χ2n) is 8.54. The molecule has 1 aliphatic rings. The number of nitrogens with one attached hydrogen (secondary N) is 3. The average Bonchev–Trinajstić information content (AvgIpc) is 3.39. The van der Waals surface area contributed by atoms with Gasteiger partial charge >= 0.3 is 5.92 Å². The molecule has 0 spiro atoms. The van der Waals surface area contributed by atoms with Gasteiger partial charge in [-0.05, 0) is 29.8 Å². The topological polar surface area (TPSA) is 103 Å². The molecule has 1 saturated heterocycles. The summed E-state index contributed by atoms with van der Waals surface area (Å²) in [5.41, 5.74) is 3.28. The molecule has 2 heterocycles. The molecular formula is C25H26F2N6O2. The molecule has 182 valence electrons. The van der Waals surface area contributed by atoms with Crippen molar-refractivity contribution in [2.24, 2.45) is 7.05 Å². The van der Waals surface area contributed by atoms with Gasteiger partial charge < -0.3 is 20.9 Å². The summed E-state index contributed by atoms with van der Waals surface area (Å²) < 4.78 is 28.9. The van der Waals surface area contributed by atoms with Gasteiger partial charge in [-0.25, -0.2) is 0 Å². The van der Waals surface area contributed by atoms with E-state index < -0.39 is 23.9 Å². The number of hydrogen-bond donors (Lipinski definition) is 3. The standard InChI is InChI=1S/C25H26F2N6O2/c1-25(26,27)24(35)30-21-13-22(34)33(23(21)16-6-4-3-5-7-16)19-8-9-20(17(12-19)14-28)29-15-18-10-11-32(2)31-18/h3-12,14,21,23,28-29H,13,15H2,1-2H3,(H,30,35)/t21-,23+/m0/s1. The van der Waals surface area contributed by atoms with Crippen molar-refractivity contribution in [3.63, 3.8) is 0 Å². The number of aryl methyl sites for hydroxylation is 1. The first-order valence-corrected chi connectivity index (χ1v) is 11.1. The van der Waals surface area contributed by atoms with Gasteiger partial charge in [0, 0.05) is 49.7 Å². The molecule has 10 heteroatoms. The maximum Gasteiger partial charge on any atom is 0.321 e. The van der Waals surface area contributed by atoms with Crippen molar-refractivity contribution in [2.45, 2.75) is 37.9 Å². The summed E-state index contributed by atoms with van der Waals surface area (Å²) in [4.78, 5) is 26.7. The highest BCUT2D eigenvalue weighted by Gasteiger charge is 2.45. The zero-order valence-corrected chi connectivity index (χ0v) is 19.3. The van der Waals surface area contributed by atoms with Crippen LogP contribution in [0.3, 0.4) is 0 Å². The minimum atomic E-state index is -3.56. The van der Waals surface area contributed by atoms with Gasteiger partial charge in [-0.15, -0.1) is 0 Å². The number of amides is 2. The van der Waals surface area contributed by atoms with Crippen LogP contribution < -0.4 is 15.5 Å². The molecule has 0 bridgehead atoms. The molecule has 2 atom stereocenters. The van der Waals surface area contributed by atoms with Crippen molar-refractivity contribution in [1.82, 2.24) is 15.1 Å². The molecule has 0 aliphatic carbocycles. The molecule has 4 rings (SSSR count). The molecule has 0 radical (unpaired) electrons. The van der Waals surface area contributed by atoms with Crippen LogP contribution in [0.4, 0.5) is 20.2 Å². The van der Waals surface area contributed by atoms with Crippen LogP contribution in [0.25, 0.3) is 0 Å². The number of nitrogens with zero attached hydrogens (tertiary/aromatic N) is 3. The monoisotopic (exact) mass is 480 g/mol. The van der Waals surface area contributed by atoms with Crippen molar-refractivity contribution in [3.8, 4) is 0 Å². The minimum Gasteiger partial charge on any atom is -0.379 e. The number of carbonyl (C=O) groups excluding carboxylic acids is 2. The molecule has 1 fully saturated rings. The Labute approximate surface area is 201 Å². The Morgan fingerprint density at radius 1 is 1.23 bits per heavy atom. The van der Waals surface area contributed by atoms with Crippen LogP contribution in [0.15, 0.2) is 60.8 Å². The summed E-state index contributed by atoms with van der Waals surface area (Å²) in [6, 6.07) is 14.5. The van der Waals surface area contributed by atoms with Crippen LogP contribution in [0, 0.1) is 5.41 Å². The van der Waals surface area contributed by atoms with Gasteiger partial charge in [0.05, 0.1) is 24.3 Å². The van der Waals surface area contributed by atoms with E-state index in [9.17, 15) is 18.4 Å². The summed E-state index contributed by atoms with van der Waals surface area (Å²) in [5.74, 6) is -5.30. The van der Waals surface area contributed by atoms with Gasteiger partial charge in [0.1, 0.15) is 0 Å². The zero-order valence-electron chi connectivity index (χ0n) is 19.3. The first kappa shape index (κ1) is 24.1. The molecule has 2 amide bonds. The maximum absolute atomic E-state index is 13.6. The highest BCUT2D eigenvalue weighted by Crippen LogP contribution is 2.38. The van der Waals surface area contributed by atoms with Gasteiger partial charge in [0.25, 0.3) is 5.91 Å². The lowest BCUT2D eigenvalue weighted by molar-refractivity contribution is -0.143. The van der Waals surface area contributed by atoms with E-state index in [4.69, 9.17) is 5.41 Å². The van der Waals surface area contributed by atoms with Crippen molar-refractivity contribution in [1.29, 1.82) is 5.41 Å². The third-order valence-corrected chi connectivity index (χ3v) is 5.88. The Balaban J connectivity index is 1.65. The van der Waals surface area contributed by atoms with Crippen LogP contribution in [-0.4, -0.2) is 39.8 Å². The van der Waals surface area contributed by atoms with Crippen molar-refractivity contribution in [3.05, 3.63) is 77.6 Å². The summed E-state index contributed by atoms with van der Waals surface area (Å²) in [7, 11) is 1.83. The molecule has 3 aromatic rings. The lowest BCUT2D eigenvalue weighted by Gasteiger charge is -2.30. The zero-order chi connectivity index (χ0) is 25.2. The fourth-order valence-electron chi connectivity index (χ4n) is 4.22. The van der Waals surface area contributed by atoms with Crippen molar-refractivity contribution < 1.29 is 18.4 Å². The highest BCUT2D eigenvalue weighted by atomic mass is 19.3. The number of anilines is 2. The predicted octanol–water partition coefficient (Wildman–Crippen LogP) is 3.65. The van der Waals surface area contributed by atoms with E-state index in [1.807, 2.05) is 25.4 Å². The molecule has 2 aromatic carbocycles. The molecule has 1 aromatic heterocycles. The van der Waals surface area contributed by atoms with E-state index in [1.54, 1.807) is 47.1 Å². The highest BCUT2D eigenvalue weighted by molar-refractivity contribution is 6.00. The first-order chi connectivity index (χ1) is 16.7. The predicted molar refractivity (Wildman–Crippen MR) is 129 cm³/mol. The third-order valence-electron chi connectivity index (χ3n) is 5.88. The van der Waals surface area contributed by atoms with Crippen molar-refractivity contribution >= 4 is 29.4 Å². The van der Waals surface area contributed by atoms with E-state index in [1.165, 1.54) is 11.1 Å². The van der Waals surface area contributed by atoms with Gasteiger partial charge in [-0.2, -0.15) is 13.9 Å². The van der Waals surface area contributed by atoms with Gasteiger partial charge in [0.15, 0.2) is 0 Å². The second kappa shape index (κ2) is 9.65. The molecular weight excluding hydrogens is 454 g/mol. The lowest BCUT2D eigenvalue weighted by Crippen LogP contribution is -2.46. The molecule has 3 N–H and O–H groups in total. The number of alkyl halides is 2. The van der Waals surface area contributed by atoms with Crippen LogP contribution in [0.1, 0.15) is 36.2 Å². The van der Waals surface area contributed by atoms with Gasteiger partial charge in [-0.1, -0.05) is 30.3 Å². The lowest BCUT2D eigenvalue weighted by atomic mass is 9.99. The second-order valence-corrected chi connectivity index (χ2v) is 8.54. The maximum atomic E-state index is 13.6. The Morgan fingerprint density at radius 2 is 1.97 bits per heavy atom. The van der Waals surface area contributed by atoms with E-state index in [-0.39, 0.29) is 12.3 Å². The smallest absolute Gasteiger partial charge is 0.321 e. The van der Waals surface area contributed by atoms with Crippen LogP contribution in [0.5, 0.6) is 0 Å². The largest absolute Gasteiger partial charge is 0.379 e. The summed E-state index contributed by atoms with van der Waals surface area (Å²) in [5, 5.41) is 17.8. The Morgan fingerprint density at radius 3 is 2.60 bits per heavy atom. The van der Waals surface area contributed by atoms with Crippen LogP contribution in [0.2, 0.25) is 0 Å². The molecule has 8 nitrogen and oxygen atoms in total. The molecule has 0 unspecified atom stereocenters. The quantitative estimate of drug-likeness (QED) is 0.428. The van der Waals surface area contributed by atoms with E-state index in [0.717, 1.165) is 5.69 Å². The SMILES string of the molecule is Cn1ccc(CNc2ccc(N3C(=O)C[C@H](NC(=O)C(C)(F)F)[C@H]3c3ccccc3)cc2C=N)n1. The molecule has 0 saturated carbocycles. The van der Waals surface area contributed by atoms with Crippen LogP contribution >= 0.6 is 0 Å². The van der Waals surface area contributed by atoms with E-state index >= 15 is 0 Å². The minimum absolute atomic E-state index is 0.124. The van der Waals surface area contributed by atoms with E-state index in [2.05, 4.69) is 15.7 Å². The molecule has 1 aliphatic heterocycles. The third kappa shape index (κ3) is 5.21. The number of benzene rings is 2. The summed E-state index contributed by atoms with van der Waals surface area (Å²) in [6.45, 7) is 0.983.